The first kappa shape index (κ1) is 27.5. The van der Waals surface area contributed by atoms with Crippen molar-refractivity contribution in [1.82, 2.24) is 5.32 Å². The van der Waals surface area contributed by atoms with Gasteiger partial charge in [0.1, 0.15) is 22.9 Å². The van der Waals surface area contributed by atoms with Crippen molar-refractivity contribution < 1.29 is 13.9 Å². The number of carbonyl (C=O) groups is 1. The fraction of sp³-hybridized carbons (Fsp3) is 0.500. The third-order valence-electron chi connectivity index (χ3n) is 6.32. The summed E-state index contributed by atoms with van der Waals surface area (Å²) in [5, 5.41) is 14.2. The maximum Gasteiger partial charge on any atom is 0.324 e. The van der Waals surface area contributed by atoms with Crippen LogP contribution < -0.4 is 5.32 Å². The van der Waals surface area contributed by atoms with Crippen molar-refractivity contribution in [3.05, 3.63) is 70.0 Å². The Hall–Kier alpha value is -2.13. The molecular formula is C28H33Cl2FN2O2. The number of alkyl halides is 1. The second-order valence-electron chi connectivity index (χ2n) is 11.4. The molecule has 0 spiro atoms. The molecule has 3 rings (SSSR count). The third kappa shape index (κ3) is 5.66. The summed E-state index contributed by atoms with van der Waals surface area (Å²) in [5.74, 6) is -1.72. The summed E-state index contributed by atoms with van der Waals surface area (Å²) in [5.41, 5.74) is -0.418. The molecule has 2 aromatic rings. The number of hydrogen-bond donors (Lipinski definition) is 1. The molecule has 35 heavy (non-hydrogen) atoms. The molecule has 7 heteroatoms. The van der Waals surface area contributed by atoms with Gasteiger partial charge in [-0.3, -0.25) is 10.1 Å². The van der Waals surface area contributed by atoms with Gasteiger partial charge in [-0.05, 0) is 55.4 Å². The molecule has 4 atom stereocenters. The Labute approximate surface area is 217 Å². The molecule has 0 aliphatic carbocycles. The number of rotatable bonds is 5. The second-order valence-corrected chi connectivity index (χ2v) is 12.1. The van der Waals surface area contributed by atoms with Gasteiger partial charge in [0.15, 0.2) is 0 Å². The van der Waals surface area contributed by atoms with E-state index in [2.05, 4.69) is 32.2 Å². The zero-order chi connectivity index (χ0) is 26.2. The number of nitriles is 1. The number of ether oxygens (including phenoxy) is 1. The van der Waals surface area contributed by atoms with E-state index in [1.165, 1.54) is 6.07 Å². The lowest BCUT2D eigenvalue weighted by Gasteiger charge is -2.37. The second kappa shape index (κ2) is 10.1. The molecule has 188 valence electrons. The fourth-order valence-electron chi connectivity index (χ4n) is 4.97. The molecule has 1 aliphatic heterocycles. The van der Waals surface area contributed by atoms with Gasteiger partial charge in [0.2, 0.25) is 0 Å². The molecule has 0 saturated carbocycles. The van der Waals surface area contributed by atoms with E-state index in [0.717, 1.165) is 5.56 Å². The highest BCUT2D eigenvalue weighted by Gasteiger charge is 2.61. The van der Waals surface area contributed by atoms with E-state index < -0.39 is 40.8 Å². The fourth-order valence-corrected chi connectivity index (χ4v) is 5.33. The number of benzene rings is 2. The van der Waals surface area contributed by atoms with E-state index in [1.807, 2.05) is 24.3 Å². The van der Waals surface area contributed by atoms with Gasteiger partial charge in [0.25, 0.3) is 0 Å². The molecule has 1 fully saturated rings. The van der Waals surface area contributed by atoms with Gasteiger partial charge in [0, 0.05) is 17.8 Å². The van der Waals surface area contributed by atoms with E-state index in [1.54, 1.807) is 32.9 Å². The molecular weight excluding hydrogens is 486 g/mol. The van der Waals surface area contributed by atoms with E-state index >= 15 is 4.39 Å². The van der Waals surface area contributed by atoms with Gasteiger partial charge >= 0.3 is 5.97 Å². The summed E-state index contributed by atoms with van der Waals surface area (Å²) in [6, 6.07) is 13.2. The highest BCUT2D eigenvalue weighted by molar-refractivity contribution is 6.30. The standard InChI is InChI=1S/C28H33Cl2FN2O2/c1-26(2,3)14-21-28(16-32,18-12-10-17(15-29)11-13-18)22(19-8-7-9-20(30)23(19)31)24(33-21)25(34)35-27(4,5)6/h7-13,21-22,24,33H,14-15H2,1-6H3. The van der Waals surface area contributed by atoms with Crippen LogP contribution >= 0.6 is 23.2 Å². The molecule has 0 amide bonds. The van der Waals surface area contributed by atoms with Crippen molar-refractivity contribution in [2.75, 3.05) is 0 Å². The lowest BCUT2D eigenvalue weighted by Crippen LogP contribution is -2.44. The minimum Gasteiger partial charge on any atom is -0.459 e. The van der Waals surface area contributed by atoms with Crippen molar-refractivity contribution in [3.8, 4) is 6.07 Å². The normalized spacial score (nSPS) is 24.7. The van der Waals surface area contributed by atoms with Crippen molar-refractivity contribution in [2.45, 2.75) is 82.9 Å². The molecule has 0 aromatic heterocycles. The Bertz CT molecular complexity index is 1120. The van der Waals surface area contributed by atoms with Gasteiger partial charge < -0.3 is 4.74 Å². The summed E-state index contributed by atoms with van der Waals surface area (Å²) in [6.07, 6.45) is 0.565. The first-order valence-corrected chi connectivity index (χ1v) is 12.6. The summed E-state index contributed by atoms with van der Waals surface area (Å²) >= 11 is 12.2. The van der Waals surface area contributed by atoms with Crippen LogP contribution in [0.25, 0.3) is 0 Å². The molecule has 1 N–H and O–H groups in total. The van der Waals surface area contributed by atoms with Crippen LogP contribution in [0.1, 0.15) is 70.6 Å². The SMILES string of the molecule is CC(C)(C)CC1NC(C(=O)OC(C)(C)C)C(c2cccc(Cl)c2F)C1(C#N)c1ccc(CCl)cc1. The van der Waals surface area contributed by atoms with Crippen LogP contribution in [-0.2, 0) is 20.8 Å². The van der Waals surface area contributed by atoms with Crippen molar-refractivity contribution in [2.24, 2.45) is 5.41 Å². The summed E-state index contributed by atoms with van der Waals surface area (Å²) in [7, 11) is 0. The number of carbonyl (C=O) groups excluding carboxylic acids is 1. The van der Waals surface area contributed by atoms with Crippen LogP contribution in [0, 0.1) is 22.6 Å². The highest BCUT2D eigenvalue weighted by atomic mass is 35.5. The van der Waals surface area contributed by atoms with Gasteiger partial charge in [0.05, 0.1) is 11.1 Å². The molecule has 4 nitrogen and oxygen atoms in total. The first-order valence-electron chi connectivity index (χ1n) is 11.7. The predicted molar refractivity (Wildman–Crippen MR) is 138 cm³/mol. The van der Waals surface area contributed by atoms with Crippen LogP contribution in [0.15, 0.2) is 42.5 Å². The molecule has 0 radical (unpaired) electrons. The number of halogens is 3. The average Bonchev–Trinajstić information content (AvgIpc) is 3.08. The van der Waals surface area contributed by atoms with Crippen molar-refractivity contribution in [1.29, 1.82) is 5.26 Å². The minimum atomic E-state index is -1.27. The molecule has 1 heterocycles. The summed E-state index contributed by atoms with van der Waals surface area (Å²) in [4.78, 5) is 13.5. The van der Waals surface area contributed by atoms with Gasteiger partial charge in [-0.15, -0.1) is 11.6 Å². The quantitative estimate of drug-likeness (QED) is 0.346. The first-order chi connectivity index (χ1) is 16.2. The molecule has 4 unspecified atom stereocenters. The molecule has 1 saturated heterocycles. The minimum absolute atomic E-state index is 0.0611. The Morgan fingerprint density at radius 3 is 2.29 bits per heavy atom. The maximum atomic E-state index is 15.6. The van der Waals surface area contributed by atoms with Crippen molar-refractivity contribution in [3.63, 3.8) is 0 Å². The zero-order valence-corrected chi connectivity index (χ0v) is 22.6. The van der Waals surface area contributed by atoms with Gasteiger partial charge in [-0.2, -0.15) is 5.26 Å². The monoisotopic (exact) mass is 518 g/mol. The van der Waals surface area contributed by atoms with E-state index in [9.17, 15) is 10.1 Å². The van der Waals surface area contributed by atoms with E-state index in [0.29, 0.717) is 17.9 Å². The van der Waals surface area contributed by atoms with E-state index in [-0.39, 0.29) is 16.0 Å². The van der Waals surface area contributed by atoms with Gasteiger partial charge in [-0.25, -0.2) is 4.39 Å². The lowest BCUT2D eigenvalue weighted by molar-refractivity contribution is -0.157. The third-order valence-corrected chi connectivity index (χ3v) is 6.92. The number of hydrogen-bond acceptors (Lipinski definition) is 4. The summed E-state index contributed by atoms with van der Waals surface area (Å²) in [6.45, 7) is 11.6. The zero-order valence-electron chi connectivity index (χ0n) is 21.1. The van der Waals surface area contributed by atoms with Crippen molar-refractivity contribution >= 4 is 29.2 Å². The Kier molecular flexibility index (Phi) is 7.91. The Balaban J connectivity index is 2.32. The number of nitrogens with one attached hydrogen (secondary N) is 1. The molecule has 1 aliphatic rings. The van der Waals surface area contributed by atoms with Crippen LogP contribution in [0.3, 0.4) is 0 Å². The van der Waals surface area contributed by atoms with E-state index in [4.69, 9.17) is 27.9 Å². The van der Waals surface area contributed by atoms with Crippen LogP contribution in [0.5, 0.6) is 0 Å². The van der Waals surface area contributed by atoms with Crippen LogP contribution in [-0.4, -0.2) is 23.7 Å². The molecule has 0 bridgehead atoms. The highest BCUT2D eigenvalue weighted by Crippen LogP contribution is 2.52. The van der Waals surface area contributed by atoms with Crippen LogP contribution in [0.2, 0.25) is 5.02 Å². The van der Waals surface area contributed by atoms with Gasteiger partial charge in [-0.1, -0.05) is 68.8 Å². The average molecular weight is 519 g/mol. The summed E-state index contributed by atoms with van der Waals surface area (Å²) < 4.78 is 21.3. The smallest absolute Gasteiger partial charge is 0.324 e. The number of nitrogens with zero attached hydrogens (tertiary/aromatic N) is 1. The largest absolute Gasteiger partial charge is 0.459 e. The number of esters is 1. The van der Waals surface area contributed by atoms with Crippen LogP contribution in [0.4, 0.5) is 4.39 Å². The Morgan fingerprint density at radius 2 is 1.77 bits per heavy atom. The maximum absolute atomic E-state index is 15.6. The topological polar surface area (TPSA) is 62.1 Å². The molecule has 2 aromatic carbocycles. The predicted octanol–water partition coefficient (Wildman–Crippen LogP) is 6.88. The Morgan fingerprint density at radius 1 is 1.14 bits per heavy atom. The lowest BCUT2D eigenvalue weighted by atomic mass is 9.63.